The van der Waals surface area contributed by atoms with E-state index >= 15 is 0 Å². The second-order valence-electron chi connectivity index (χ2n) is 5.90. The van der Waals surface area contributed by atoms with E-state index in [2.05, 4.69) is 20.6 Å². The van der Waals surface area contributed by atoms with Crippen LogP contribution in [0.1, 0.15) is 5.56 Å². The number of para-hydroxylation sites is 2. The number of hydrogen-bond donors (Lipinski definition) is 5. The van der Waals surface area contributed by atoms with Gasteiger partial charge in [-0.25, -0.2) is 19.7 Å². The molecule has 0 aliphatic carbocycles. The molecule has 0 saturated heterocycles. The zero-order valence-corrected chi connectivity index (χ0v) is 13.4. The van der Waals surface area contributed by atoms with Crippen molar-refractivity contribution in [2.75, 3.05) is 17.3 Å². The molecule has 25 heavy (non-hydrogen) atoms. The second-order valence-corrected chi connectivity index (χ2v) is 5.90. The average molecular weight is 340 g/mol. The number of anilines is 2. The Hall–Kier alpha value is -3.42. The van der Waals surface area contributed by atoms with Crippen molar-refractivity contribution in [3.63, 3.8) is 0 Å². The maximum absolute atomic E-state index is 13.9. The van der Waals surface area contributed by atoms with E-state index in [4.69, 9.17) is 5.73 Å². The Kier molecular flexibility index (Phi) is 3.21. The third-order valence-electron chi connectivity index (χ3n) is 4.32. The van der Waals surface area contributed by atoms with Crippen LogP contribution in [0.3, 0.4) is 0 Å². The fourth-order valence-corrected chi connectivity index (χ4v) is 3.18. The van der Waals surface area contributed by atoms with Gasteiger partial charge < -0.3 is 4.90 Å². The normalized spacial score (nSPS) is 21.5. The summed E-state index contributed by atoms with van der Waals surface area (Å²) in [5.41, 5.74) is 6.48. The predicted octanol–water partition coefficient (Wildman–Crippen LogP) is -2.50. The second kappa shape index (κ2) is 5.30. The lowest BCUT2D eigenvalue weighted by atomic mass is 10.0. The van der Waals surface area contributed by atoms with Gasteiger partial charge in [-0.05, 0) is 24.3 Å². The molecule has 1 atom stereocenters. The lowest BCUT2D eigenvalue weighted by molar-refractivity contribution is -0.789. The van der Waals surface area contributed by atoms with Gasteiger partial charge in [0.2, 0.25) is 0 Å². The summed E-state index contributed by atoms with van der Waals surface area (Å²) in [6, 6.07) is 13.6. The van der Waals surface area contributed by atoms with E-state index in [1.54, 1.807) is 30.1 Å². The van der Waals surface area contributed by atoms with Crippen LogP contribution < -0.4 is 31.3 Å². The first kappa shape index (κ1) is 15.1. The summed E-state index contributed by atoms with van der Waals surface area (Å²) in [5.74, 6) is -0.151. The van der Waals surface area contributed by atoms with Gasteiger partial charge in [0.1, 0.15) is 5.69 Å². The van der Waals surface area contributed by atoms with Crippen LogP contribution in [0.2, 0.25) is 0 Å². The number of benzene rings is 2. The number of rotatable bonds is 1. The van der Waals surface area contributed by atoms with Crippen molar-refractivity contribution < 1.29 is 19.2 Å². The molecule has 0 saturated carbocycles. The van der Waals surface area contributed by atoms with E-state index in [-0.39, 0.29) is 17.6 Å². The molecule has 0 bridgehead atoms. The number of nitrogens with zero attached hydrogens (tertiary/aromatic N) is 1. The molecule has 0 unspecified atom stereocenters. The highest BCUT2D eigenvalue weighted by atomic mass is 19.1. The molecule has 2 aliphatic heterocycles. The number of hydrogen-bond acceptors (Lipinski definition) is 4. The summed E-state index contributed by atoms with van der Waals surface area (Å²) in [6.45, 7) is 0. The number of fused-ring (bicyclic) bond motifs is 2. The summed E-state index contributed by atoms with van der Waals surface area (Å²) in [6.07, 6.45) is 0. The van der Waals surface area contributed by atoms with Gasteiger partial charge in [0.15, 0.2) is 5.82 Å². The molecule has 126 valence electrons. The van der Waals surface area contributed by atoms with Crippen LogP contribution in [0.25, 0.3) is 0 Å². The molecule has 1 amide bonds. The molecule has 6 N–H and O–H groups in total. The summed E-state index contributed by atoms with van der Waals surface area (Å²) >= 11 is 0. The van der Waals surface area contributed by atoms with Crippen molar-refractivity contribution in [3.8, 4) is 0 Å². The van der Waals surface area contributed by atoms with Crippen LogP contribution in [0, 0.1) is 5.82 Å². The maximum Gasteiger partial charge on any atom is 0.361 e. The Labute approximate surface area is 143 Å². The van der Waals surface area contributed by atoms with E-state index < -0.39 is 11.5 Å². The van der Waals surface area contributed by atoms with E-state index in [9.17, 15) is 9.18 Å². The van der Waals surface area contributed by atoms with E-state index in [0.29, 0.717) is 5.96 Å². The van der Waals surface area contributed by atoms with Crippen molar-refractivity contribution >= 4 is 29.2 Å². The number of guanidine groups is 2. The number of nitrogens with two attached hydrogens (primary N) is 1. The smallest absolute Gasteiger partial charge is 0.308 e. The van der Waals surface area contributed by atoms with Gasteiger partial charge in [-0.3, -0.25) is 10.5 Å². The largest absolute Gasteiger partial charge is 0.361 e. The lowest BCUT2D eigenvalue weighted by Gasteiger charge is -2.22. The quantitative estimate of drug-likeness (QED) is 0.396. The Morgan fingerprint density at radius 3 is 2.68 bits per heavy atom. The Bertz CT molecular complexity index is 940. The van der Waals surface area contributed by atoms with Crippen molar-refractivity contribution in [2.24, 2.45) is 5.73 Å². The van der Waals surface area contributed by atoms with Crippen molar-refractivity contribution in [1.82, 2.24) is 5.32 Å². The summed E-state index contributed by atoms with van der Waals surface area (Å²) < 4.78 is 13.9. The average Bonchev–Trinajstić information content (AvgIpc) is 2.79. The third kappa shape index (κ3) is 2.22. The molecule has 0 radical (unpaired) electrons. The Balaban J connectivity index is 1.82. The van der Waals surface area contributed by atoms with Crippen LogP contribution in [-0.4, -0.2) is 24.9 Å². The minimum atomic E-state index is -1.26. The van der Waals surface area contributed by atoms with Crippen molar-refractivity contribution in [3.05, 3.63) is 59.9 Å². The molecular formula is C17H17FN6O+2. The minimum absolute atomic E-state index is 0.177. The highest BCUT2D eigenvalue weighted by molar-refractivity contribution is 6.07. The fraction of sp³-hybridized carbons (Fsp3) is 0.118. The van der Waals surface area contributed by atoms with Crippen molar-refractivity contribution in [2.45, 2.75) is 5.66 Å². The number of nitrogens with one attached hydrogen (secondary N) is 4. The fourth-order valence-electron chi connectivity index (χ4n) is 3.18. The lowest BCUT2D eigenvalue weighted by Crippen LogP contribution is -3.14. The van der Waals surface area contributed by atoms with E-state index in [1.165, 1.54) is 6.07 Å². The van der Waals surface area contributed by atoms with Gasteiger partial charge in [-0.15, -0.1) is 0 Å². The van der Waals surface area contributed by atoms with Crippen LogP contribution in [0.5, 0.6) is 0 Å². The molecule has 8 heteroatoms. The number of carbonyl (C=O) groups excluding carboxylic acids is 1. The minimum Gasteiger partial charge on any atom is -0.308 e. The Morgan fingerprint density at radius 2 is 1.88 bits per heavy atom. The van der Waals surface area contributed by atoms with Gasteiger partial charge >= 0.3 is 23.5 Å². The van der Waals surface area contributed by atoms with Crippen LogP contribution in [0.4, 0.5) is 15.8 Å². The molecule has 7 nitrogen and oxygen atoms in total. The molecule has 1 spiro atoms. The molecule has 2 aromatic rings. The number of likely N-dealkylation sites (N-methyl/N-ethyl adjacent to an activating group) is 1. The van der Waals surface area contributed by atoms with Gasteiger partial charge in [-0.2, -0.15) is 5.32 Å². The van der Waals surface area contributed by atoms with Crippen LogP contribution >= 0.6 is 0 Å². The summed E-state index contributed by atoms with van der Waals surface area (Å²) in [4.78, 5) is 20.6. The van der Waals surface area contributed by atoms with Gasteiger partial charge in [0.25, 0.3) is 0 Å². The highest BCUT2D eigenvalue weighted by Gasteiger charge is 2.55. The van der Waals surface area contributed by atoms with Crippen LogP contribution in [-0.2, 0) is 10.5 Å². The first-order valence-corrected chi connectivity index (χ1v) is 7.73. The van der Waals surface area contributed by atoms with E-state index in [0.717, 1.165) is 11.3 Å². The molecule has 4 rings (SSSR count). The van der Waals surface area contributed by atoms with E-state index in [1.807, 2.05) is 24.3 Å². The first-order valence-electron chi connectivity index (χ1n) is 7.73. The number of carbonyl (C=O) groups is 1. The molecular weight excluding hydrogens is 323 g/mol. The number of halogens is 1. The summed E-state index contributed by atoms with van der Waals surface area (Å²) in [7, 11) is 1.70. The standard InChI is InChI=1S/C17H15FN6O/c1-24-13-9-5-2-6-10(13)17(14(24)25)22-15(19)21-16(23-17)20-12-8-4-3-7-11(12)18/h2-9H,1H3,(H4,19,20,21,22,23)/p+2/t17-/m0/s1. The highest BCUT2D eigenvalue weighted by Crippen LogP contribution is 2.32. The monoisotopic (exact) mass is 340 g/mol. The molecule has 0 aromatic heterocycles. The van der Waals surface area contributed by atoms with Crippen molar-refractivity contribution in [1.29, 1.82) is 0 Å². The molecule has 2 aromatic carbocycles. The molecule has 2 heterocycles. The predicted molar refractivity (Wildman–Crippen MR) is 90.8 cm³/mol. The molecule has 0 fully saturated rings. The number of amides is 1. The SMILES string of the molecule is CN1C(=O)[C@]2([NH+]=C(N)NC(Nc3ccccc3F)=[NH+]2)c2ccccc21. The van der Waals surface area contributed by atoms with Crippen LogP contribution in [0.15, 0.2) is 48.5 Å². The van der Waals surface area contributed by atoms with Gasteiger partial charge in [0.05, 0.1) is 11.3 Å². The zero-order valence-electron chi connectivity index (χ0n) is 13.4. The zero-order chi connectivity index (χ0) is 17.6. The maximum atomic E-state index is 13.9. The van der Waals surface area contributed by atoms with Gasteiger partial charge in [-0.1, -0.05) is 24.3 Å². The third-order valence-corrected chi connectivity index (χ3v) is 4.32. The Morgan fingerprint density at radius 1 is 1.16 bits per heavy atom. The summed E-state index contributed by atoms with van der Waals surface area (Å²) in [5, 5.41) is 5.75. The van der Waals surface area contributed by atoms with Gasteiger partial charge in [0, 0.05) is 7.05 Å². The topological polar surface area (TPSA) is 98.3 Å². The first-order chi connectivity index (χ1) is 12.0. The molecule has 2 aliphatic rings.